The summed E-state index contributed by atoms with van der Waals surface area (Å²) in [7, 11) is 0. The molecule has 3 aromatic carbocycles. The molecule has 0 saturated carbocycles. The van der Waals surface area contributed by atoms with Gasteiger partial charge in [0.05, 0.1) is 6.04 Å². The van der Waals surface area contributed by atoms with Gasteiger partial charge in [-0.25, -0.2) is 0 Å². The lowest BCUT2D eigenvalue weighted by atomic mass is 9.98. The van der Waals surface area contributed by atoms with Crippen molar-refractivity contribution in [3.8, 4) is 0 Å². The van der Waals surface area contributed by atoms with Crippen molar-refractivity contribution >= 4 is 23.0 Å². The molecule has 0 aromatic heterocycles. The summed E-state index contributed by atoms with van der Waals surface area (Å²) in [6, 6.07) is 25.2. The van der Waals surface area contributed by atoms with E-state index in [0.717, 1.165) is 5.69 Å². The van der Waals surface area contributed by atoms with Crippen LogP contribution in [-0.4, -0.2) is 5.11 Å². The van der Waals surface area contributed by atoms with Crippen LogP contribution in [0.15, 0.2) is 72.8 Å². The first-order valence-electron chi connectivity index (χ1n) is 8.80. The van der Waals surface area contributed by atoms with E-state index in [9.17, 15) is 0 Å². The Bertz CT molecular complexity index is 886. The summed E-state index contributed by atoms with van der Waals surface area (Å²) in [5.74, 6) is 0. The van der Waals surface area contributed by atoms with E-state index in [1.54, 1.807) is 0 Å². The molecule has 2 nitrogen and oxygen atoms in total. The van der Waals surface area contributed by atoms with Crippen LogP contribution in [0.3, 0.4) is 0 Å². The molecule has 132 valence electrons. The topological polar surface area (TPSA) is 24.1 Å². The molecule has 0 unspecified atom stereocenters. The second-order valence-corrected chi connectivity index (χ2v) is 7.01. The third-order valence-electron chi connectivity index (χ3n) is 4.67. The normalized spacial score (nSPS) is 11.7. The average Bonchev–Trinajstić information content (AvgIpc) is 2.65. The van der Waals surface area contributed by atoms with Crippen LogP contribution in [0, 0.1) is 20.8 Å². The number of hydrogen-bond donors (Lipinski definition) is 2. The Hall–Kier alpha value is -2.65. The molecule has 0 spiro atoms. The first-order valence-corrected chi connectivity index (χ1v) is 9.20. The molecule has 1 atom stereocenters. The summed E-state index contributed by atoms with van der Waals surface area (Å²) in [5, 5.41) is 7.46. The van der Waals surface area contributed by atoms with Gasteiger partial charge in [0.15, 0.2) is 5.11 Å². The van der Waals surface area contributed by atoms with Gasteiger partial charge < -0.3 is 10.6 Å². The quantitative estimate of drug-likeness (QED) is 0.585. The molecule has 2 N–H and O–H groups in total. The predicted octanol–water partition coefficient (Wildman–Crippen LogP) is 5.69. The second kappa shape index (κ2) is 8.15. The number of aryl methyl sites for hydroxylation is 2. The van der Waals surface area contributed by atoms with Gasteiger partial charge in [0, 0.05) is 5.69 Å². The van der Waals surface area contributed by atoms with E-state index in [1.165, 1.54) is 27.8 Å². The van der Waals surface area contributed by atoms with Crippen LogP contribution in [-0.2, 0) is 0 Å². The molecule has 3 rings (SSSR count). The van der Waals surface area contributed by atoms with Crippen LogP contribution >= 0.6 is 12.2 Å². The van der Waals surface area contributed by atoms with Gasteiger partial charge in [-0.3, -0.25) is 0 Å². The highest BCUT2D eigenvalue weighted by atomic mass is 32.1. The zero-order valence-electron chi connectivity index (χ0n) is 15.4. The van der Waals surface area contributed by atoms with Crippen LogP contribution < -0.4 is 10.6 Å². The van der Waals surface area contributed by atoms with Gasteiger partial charge in [-0.2, -0.15) is 0 Å². The summed E-state index contributed by atoms with van der Waals surface area (Å²) < 4.78 is 0. The molecule has 0 aliphatic heterocycles. The highest BCUT2D eigenvalue weighted by Gasteiger charge is 2.15. The lowest BCUT2D eigenvalue weighted by Crippen LogP contribution is -2.33. The minimum atomic E-state index is 0.00177. The van der Waals surface area contributed by atoms with Crippen molar-refractivity contribution < 1.29 is 0 Å². The Balaban J connectivity index is 1.84. The summed E-state index contributed by atoms with van der Waals surface area (Å²) in [4.78, 5) is 0. The number of nitrogens with one attached hydrogen (secondary N) is 2. The molecule has 0 fully saturated rings. The van der Waals surface area contributed by atoms with Crippen LogP contribution in [0.2, 0.25) is 0 Å². The van der Waals surface area contributed by atoms with Crippen LogP contribution in [0.1, 0.15) is 33.9 Å². The maximum atomic E-state index is 5.62. The number of hydrogen-bond acceptors (Lipinski definition) is 1. The Labute approximate surface area is 161 Å². The van der Waals surface area contributed by atoms with Gasteiger partial charge in [-0.05, 0) is 61.3 Å². The molecule has 0 heterocycles. The van der Waals surface area contributed by atoms with Crippen LogP contribution in [0.4, 0.5) is 5.69 Å². The van der Waals surface area contributed by atoms with E-state index in [1.807, 2.05) is 12.1 Å². The van der Waals surface area contributed by atoms with Crippen molar-refractivity contribution in [3.63, 3.8) is 0 Å². The molecule has 3 aromatic rings. The smallest absolute Gasteiger partial charge is 0.171 e. The Morgan fingerprint density at radius 1 is 0.769 bits per heavy atom. The monoisotopic (exact) mass is 360 g/mol. The third kappa shape index (κ3) is 4.30. The fourth-order valence-corrected chi connectivity index (χ4v) is 3.17. The molecule has 0 aliphatic carbocycles. The van der Waals surface area contributed by atoms with Gasteiger partial charge in [0.1, 0.15) is 0 Å². The minimum Gasteiger partial charge on any atom is -0.352 e. The first kappa shape index (κ1) is 18.2. The van der Waals surface area contributed by atoms with Gasteiger partial charge in [0.25, 0.3) is 0 Å². The van der Waals surface area contributed by atoms with Crippen molar-refractivity contribution in [2.45, 2.75) is 26.8 Å². The summed E-state index contributed by atoms with van der Waals surface area (Å²) >= 11 is 5.62. The van der Waals surface area contributed by atoms with E-state index in [-0.39, 0.29) is 6.04 Å². The summed E-state index contributed by atoms with van der Waals surface area (Å²) in [6.07, 6.45) is 0. The molecular formula is C23H24N2S. The zero-order chi connectivity index (χ0) is 18.5. The first-order chi connectivity index (χ1) is 12.5. The second-order valence-electron chi connectivity index (χ2n) is 6.60. The fourth-order valence-electron chi connectivity index (χ4n) is 2.94. The minimum absolute atomic E-state index is 0.00177. The molecular weight excluding hydrogens is 336 g/mol. The van der Waals surface area contributed by atoms with Crippen LogP contribution in [0.5, 0.6) is 0 Å². The van der Waals surface area contributed by atoms with Crippen molar-refractivity contribution in [1.29, 1.82) is 0 Å². The number of rotatable bonds is 4. The van der Waals surface area contributed by atoms with Gasteiger partial charge >= 0.3 is 0 Å². The van der Waals surface area contributed by atoms with Crippen molar-refractivity contribution in [2.24, 2.45) is 0 Å². The van der Waals surface area contributed by atoms with E-state index in [4.69, 9.17) is 12.2 Å². The van der Waals surface area contributed by atoms with Crippen LogP contribution in [0.25, 0.3) is 0 Å². The van der Waals surface area contributed by atoms with Crippen molar-refractivity contribution in [1.82, 2.24) is 5.32 Å². The van der Waals surface area contributed by atoms with E-state index >= 15 is 0 Å². The molecule has 26 heavy (non-hydrogen) atoms. The highest BCUT2D eigenvalue weighted by molar-refractivity contribution is 7.80. The Morgan fingerprint density at radius 2 is 1.42 bits per heavy atom. The molecule has 0 bridgehead atoms. The predicted molar refractivity (Wildman–Crippen MR) is 115 cm³/mol. The Kier molecular flexibility index (Phi) is 5.69. The Morgan fingerprint density at radius 3 is 2.12 bits per heavy atom. The number of benzene rings is 3. The molecule has 0 saturated heterocycles. The summed E-state index contributed by atoms with van der Waals surface area (Å²) in [5.41, 5.74) is 7.11. The van der Waals surface area contributed by atoms with Gasteiger partial charge in [-0.15, -0.1) is 0 Å². The number of thiocarbonyl (C=S) groups is 1. The largest absolute Gasteiger partial charge is 0.352 e. The third-order valence-corrected chi connectivity index (χ3v) is 4.89. The number of anilines is 1. The zero-order valence-corrected chi connectivity index (χ0v) is 16.2. The molecule has 3 heteroatoms. The standard InChI is InChI=1S/C23H24N2S/c1-16-12-14-20(15-13-16)22(19-9-5-4-6-10-19)25-23(26)24-21-11-7-8-17(2)18(21)3/h4-15,22H,1-3H3,(H2,24,25,26)/t22-/m0/s1. The average molecular weight is 361 g/mol. The summed E-state index contributed by atoms with van der Waals surface area (Å²) in [6.45, 7) is 6.31. The molecule has 0 amide bonds. The van der Waals surface area contributed by atoms with Crippen molar-refractivity contribution in [3.05, 3.63) is 101 Å². The van der Waals surface area contributed by atoms with Crippen molar-refractivity contribution in [2.75, 3.05) is 5.32 Å². The molecule has 0 radical (unpaired) electrons. The van der Waals surface area contributed by atoms with Gasteiger partial charge in [-0.1, -0.05) is 72.3 Å². The highest BCUT2D eigenvalue weighted by Crippen LogP contribution is 2.23. The lowest BCUT2D eigenvalue weighted by molar-refractivity contribution is 0.768. The lowest BCUT2D eigenvalue weighted by Gasteiger charge is -2.23. The van der Waals surface area contributed by atoms with E-state index in [2.05, 4.69) is 92.1 Å². The maximum absolute atomic E-state index is 5.62. The van der Waals surface area contributed by atoms with E-state index < -0.39 is 0 Å². The fraction of sp³-hybridized carbons (Fsp3) is 0.174. The molecule has 0 aliphatic rings. The van der Waals surface area contributed by atoms with Gasteiger partial charge in [0.2, 0.25) is 0 Å². The SMILES string of the molecule is Cc1ccc([C@@H](NC(=S)Nc2cccc(C)c2C)c2ccccc2)cc1. The van der Waals surface area contributed by atoms with E-state index in [0.29, 0.717) is 5.11 Å². The maximum Gasteiger partial charge on any atom is 0.171 e.